The number of aromatic nitrogens is 1. The van der Waals surface area contributed by atoms with Gasteiger partial charge in [0.25, 0.3) is 0 Å². The monoisotopic (exact) mass is 422 g/mol. The molecule has 2 N–H and O–H groups in total. The topological polar surface area (TPSA) is 83.6 Å². The van der Waals surface area contributed by atoms with Gasteiger partial charge in [-0.2, -0.15) is 0 Å². The molecule has 7 nitrogen and oxygen atoms in total. The van der Waals surface area contributed by atoms with Crippen LogP contribution in [0.2, 0.25) is 0 Å². The first-order valence-corrected chi connectivity index (χ1v) is 11.6. The number of carbonyl (C=O) groups excluding carboxylic acids is 2. The highest BCUT2D eigenvalue weighted by atomic mass is 32.1. The summed E-state index contributed by atoms with van der Waals surface area (Å²) in [6, 6.07) is 1.01. The maximum absolute atomic E-state index is 12.4. The molecule has 1 aliphatic carbocycles. The summed E-state index contributed by atoms with van der Waals surface area (Å²) >= 11 is 1.30. The van der Waals surface area contributed by atoms with E-state index in [1.807, 2.05) is 20.8 Å². The smallest absolute Gasteiger partial charge is 0.413 e. The van der Waals surface area contributed by atoms with Crippen LogP contribution in [0.1, 0.15) is 71.4 Å². The number of anilines is 1. The number of rotatable bonds is 5. The molecule has 0 bridgehead atoms. The van der Waals surface area contributed by atoms with Gasteiger partial charge in [-0.1, -0.05) is 19.3 Å². The Bertz CT molecular complexity index is 686. The summed E-state index contributed by atoms with van der Waals surface area (Å²) in [6.45, 7) is 7.59. The quantitative estimate of drug-likeness (QED) is 0.751. The minimum absolute atomic E-state index is 0.00441. The van der Waals surface area contributed by atoms with Gasteiger partial charge in [-0.25, -0.2) is 9.78 Å². The van der Waals surface area contributed by atoms with E-state index in [2.05, 4.69) is 20.5 Å². The summed E-state index contributed by atoms with van der Waals surface area (Å²) in [6.07, 6.45) is 8.51. The molecule has 1 aliphatic heterocycles. The third kappa shape index (κ3) is 7.26. The summed E-state index contributed by atoms with van der Waals surface area (Å²) in [5, 5.41) is 8.03. The Morgan fingerprint density at radius 3 is 2.52 bits per heavy atom. The summed E-state index contributed by atoms with van der Waals surface area (Å²) in [5.41, 5.74) is 0.106. The highest BCUT2D eigenvalue weighted by Gasteiger charge is 2.27. The molecule has 0 atom stereocenters. The molecule has 2 amide bonds. The van der Waals surface area contributed by atoms with Gasteiger partial charge in [0.05, 0.1) is 12.1 Å². The van der Waals surface area contributed by atoms with Crippen LogP contribution in [0.25, 0.3) is 0 Å². The molecule has 0 aromatic carbocycles. The zero-order valence-corrected chi connectivity index (χ0v) is 18.6. The number of carbonyl (C=O) groups is 2. The number of hydrogen-bond acceptors (Lipinski definition) is 6. The molecule has 162 valence electrons. The fraction of sp³-hybridized carbons (Fsp3) is 0.762. The van der Waals surface area contributed by atoms with E-state index in [9.17, 15) is 9.59 Å². The Morgan fingerprint density at radius 1 is 1.17 bits per heavy atom. The van der Waals surface area contributed by atoms with Crippen LogP contribution in [-0.4, -0.2) is 52.7 Å². The summed E-state index contributed by atoms with van der Waals surface area (Å²) < 4.78 is 5.22. The van der Waals surface area contributed by atoms with Gasteiger partial charge in [0, 0.05) is 30.6 Å². The molecule has 2 fully saturated rings. The van der Waals surface area contributed by atoms with E-state index in [1.54, 1.807) is 5.38 Å². The Kier molecular flexibility index (Phi) is 7.51. The normalized spacial score (nSPS) is 19.7. The Labute approximate surface area is 177 Å². The van der Waals surface area contributed by atoms with E-state index in [0.717, 1.165) is 32.0 Å². The van der Waals surface area contributed by atoms with Crippen molar-refractivity contribution in [3.05, 3.63) is 11.1 Å². The van der Waals surface area contributed by atoms with Gasteiger partial charge in [-0.15, -0.1) is 11.3 Å². The van der Waals surface area contributed by atoms with Gasteiger partial charge >= 0.3 is 6.09 Å². The first-order valence-electron chi connectivity index (χ1n) is 10.8. The maximum atomic E-state index is 12.4. The first-order chi connectivity index (χ1) is 13.8. The minimum Gasteiger partial charge on any atom is -0.444 e. The lowest BCUT2D eigenvalue weighted by Gasteiger charge is -2.39. The minimum atomic E-state index is -0.559. The van der Waals surface area contributed by atoms with Gasteiger partial charge in [0.15, 0.2) is 5.13 Å². The van der Waals surface area contributed by atoms with Crippen molar-refractivity contribution in [3.63, 3.8) is 0 Å². The fourth-order valence-corrected chi connectivity index (χ4v) is 4.83. The second-order valence-electron chi connectivity index (χ2n) is 9.12. The summed E-state index contributed by atoms with van der Waals surface area (Å²) in [5.74, 6) is -0.00441. The molecule has 0 spiro atoms. The second-order valence-corrected chi connectivity index (χ2v) is 9.98. The van der Waals surface area contributed by atoms with E-state index in [4.69, 9.17) is 4.74 Å². The van der Waals surface area contributed by atoms with Crippen molar-refractivity contribution in [3.8, 4) is 0 Å². The van der Waals surface area contributed by atoms with Crippen molar-refractivity contribution in [2.24, 2.45) is 0 Å². The largest absolute Gasteiger partial charge is 0.444 e. The third-order valence-corrected chi connectivity index (χ3v) is 6.29. The van der Waals surface area contributed by atoms with E-state index in [1.165, 1.54) is 43.4 Å². The van der Waals surface area contributed by atoms with E-state index < -0.39 is 11.7 Å². The van der Waals surface area contributed by atoms with Crippen molar-refractivity contribution in [2.75, 3.05) is 18.4 Å². The standard InChI is InChI=1S/C21H34N4O3S/c1-21(2,3)28-20(27)24-19-23-16(14-29-19)13-18(26)22-15-9-11-25(12-10-15)17-7-5-4-6-8-17/h14-15,17H,4-13H2,1-3H3,(H,22,26)(H,23,24,27). The molecule has 1 saturated carbocycles. The van der Waals surface area contributed by atoms with E-state index in [-0.39, 0.29) is 18.4 Å². The molecule has 3 rings (SSSR count). The lowest BCUT2D eigenvalue weighted by molar-refractivity contribution is -0.121. The third-order valence-electron chi connectivity index (χ3n) is 5.49. The van der Waals surface area contributed by atoms with Crippen LogP contribution in [-0.2, 0) is 16.0 Å². The zero-order chi connectivity index (χ0) is 20.9. The number of thiazole rings is 1. The Balaban J connectivity index is 1.39. The number of nitrogens with one attached hydrogen (secondary N) is 2. The van der Waals surface area contributed by atoms with Crippen LogP contribution in [0, 0.1) is 0 Å². The molecule has 0 unspecified atom stereocenters. The van der Waals surface area contributed by atoms with Crippen LogP contribution in [0.4, 0.5) is 9.93 Å². The molecule has 8 heteroatoms. The van der Waals surface area contributed by atoms with Crippen LogP contribution < -0.4 is 10.6 Å². The van der Waals surface area contributed by atoms with Crippen molar-refractivity contribution >= 4 is 28.5 Å². The molecule has 29 heavy (non-hydrogen) atoms. The molecule has 1 saturated heterocycles. The van der Waals surface area contributed by atoms with Crippen LogP contribution in [0.15, 0.2) is 5.38 Å². The van der Waals surface area contributed by atoms with Gasteiger partial charge < -0.3 is 15.0 Å². The number of likely N-dealkylation sites (tertiary alicyclic amines) is 1. The van der Waals surface area contributed by atoms with Crippen molar-refractivity contribution in [1.82, 2.24) is 15.2 Å². The molecular formula is C21H34N4O3S. The molecule has 2 heterocycles. The maximum Gasteiger partial charge on any atom is 0.413 e. The molecular weight excluding hydrogens is 388 g/mol. The van der Waals surface area contributed by atoms with Crippen LogP contribution >= 0.6 is 11.3 Å². The van der Waals surface area contributed by atoms with Crippen LogP contribution in [0.3, 0.4) is 0 Å². The van der Waals surface area contributed by atoms with E-state index >= 15 is 0 Å². The number of amides is 2. The lowest BCUT2D eigenvalue weighted by Crippen LogP contribution is -2.48. The highest BCUT2D eigenvalue weighted by molar-refractivity contribution is 7.13. The number of nitrogens with zero attached hydrogens (tertiary/aromatic N) is 2. The molecule has 1 aromatic heterocycles. The summed E-state index contributed by atoms with van der Waals surface area (Å²) in [7, 11) is 0. The number of piperidine rings is 1. The Hall–Kier alpha value is -1.67. The molecule has 1 aromatic rings. The van der Waals surface area contributed by atoms with Crippen LogP contribution in [0.5, 0.6) is 0 Å². The predicted molar refractivity (Wildman–Crippen MR) is 115 cm³/mol. The van der Waals surface area contributed by atoms with Crippen molar-refractivity contribution in [1.29, 1.82) is 0 Å². The average Bonchev–Trinajstić information content (AvgIpc) is 3.08. The predicted octanol–water partition coefficient (Wildman–Crippen LogP) is 3.95. The molecule has 2 aliphatic rings. The Morgan fingerprint density at radius 2 is 1.86 bits per heavy atom. The van der Waals surface area contributed by atoms with Crippen molar-refractivity contribution < 1.29 is 14.3 Å². The van der Waals surface area contributed by atoms with Gasteiger partial charge in [-0.3, -0.25) is 10.1 Å². The average molecular weight is 423 g/mol. The number of ether oxygens (including phenoxy) is 1. The van der Waals surface area contributed by atoms with E-state index in [0.29, 0.717) is 10.8 Å². The highest BCUT2D eigenvalue weighted by Crippen LogP contribution is 2.25. The van der Waals surface area contributed by atoms with Gasteiger partial charge in [-0.05, 0) is 46.5 Å². The first kappa shape index (κ1) is 22.0. The number of hydrogen-bond donors (Lipinski definition) is 2. The van der Waals surface area contributed by atoms with Crippen molar-refractivity contribution in [2.45, 2.75) is 89.8 Å². The second kappa shape index (κ2) is 9.89. The molecule has 0 radical (unpaired) electrons. The van der Waals surface area contributed by atoms with Gasteiger partial charge in [0.2, 0.25) is 5.91 Å². The fourth-order valence-electron chi connectivity index (χ4n) is 4.13. The summed E-state index contributed by atoms with van der Waals surface area (Å²) in [4.78, 5) is 31.2. The lowest BCUT2D eigenvalue weighted by atomic mass is 9.92. The zero-order valence-electron chi connectivity index (χ0n) is 17.8. The SMILES string of the molecule is CC(C)(C)OC(=O)Nc1nc(CC(=O)NC2CCN(C3CCCCC3)CC2)cs1. The van der Waals surface area contributed by atoms with Gasteiger partial charge in [0.1, 0.15) is 5.60 Å².